The number of likely N-dealkylation sites (tertiary alicyclic amines) is 1. The first-order valence-electron chi connectivity index (χ1n) is 10.6. The summed E-state index contributed by atoms with van der Waals surface area (Å²) in [7, 11) is 0. The third kappa shape index (κ3) is 6.54. The number of aliphatic imine (C=N–C) groups is 1. The first kappa shape index (κ1) is 21.3. The quantitative estimate of drug-likeness (QED) is 0.497. The van der Waals surface area contributed by atoms with E-state index in [1.54, 1.807) is 12.4 Å². The molecule has 0 amide bonds. The number of piperidine rings is 1. The predicted octanol–water partition coefficient (Wildman–Crippen LogP) is 2.72. The van der Waals surface area contributed by atoms with E-state index >= 15 is 0 Å². The van der Waals surface area contributed by atoms with Crippen LogP contribution in [-0.2, 0) is 6.54 Å². The third-order valence-electron chi connectivity index (χ3n) is 5.44. The van der Waals surface area contributed by atoms with E-state index < -0.39 is 6.10 Å². The summed E-state index contributed by atoms with van der Waals surface area (Å²) in [5.41, 5.74) is 2.20. The molecule has 0 saturated carbocycles. The molecule has 0 aliphatic carbocycles. The second kappa shape index (κ2) is 10.9. The molecule has 0 bridgehead atoms. The van der Waals surface area contributed by atoms with Gasteiger partial charge in [-0.05, 0) is 49.9 Å². The Morgan fingerprint density at radius 2 is 2.00 bits per heavy atom. The van der Waals surface area contributed by atoms with Crippen LogP contribution in [0.1, 0.15) is 43.9 Å². The zero-order valence-corrected chi connectivity index (χ0v) is 17.5. The smallest absolute Gasteiger partial charge is 0.191 e. The van der Waals surface area contributed by atoms with Crippen LogP contribution in [-0.4, -0.2) is 52.7 Å². The molecule has 156 valence electrons. The van der Waals surface area contributed by atoms with E-state index in [4.69, 9.17) is 0 Å². The van der Waals surface area contributed by atoms with E-state index in [-0.39, 0.29) is 0 Å². The van der Waals surface area contributed by atoms with Gasteiger partial charge in [-0.15, -0.1) is 0 Å². The number of pyridine rings is 1. The van der Waals surface area contributed by atoms with Crippen molar-refractivity contribution >= 4 is 5.96 Å². The van der Waals surface area contributed by atoms with Crippen LogP contribution in [0, 0.1) is 0 Å². The number of guanidine groups is 1. The van der Waals surface area contributed by atoms with Crippen LogP contribution >= 0.6 is 0 Å². The Balaban J connectivity index is 1.53. The highest BCUT2D eigenvalue weighted by atomic mass is 16.3. The van der Waals surface area contributed by atoms with E-state index in [0.29, 0.717) is 18.6 Å². The number of aromatic nitrogens is 1. The van der Waals surface area contributed by atoms with Gasteiger partial charge in [0.05, 0.1) is 12.6 Å². The summed E-state index contributed by atoms with van der Waals surface area (Å²) >= 11 is 0. The van der Waals surface area contributed by atoms with E-state index in [1.807, 2.05) is 12.1 Å². The van der Waals surface area contributed by atoms with Crippen molar-refractivity contribution in [2.75, 3.05) is 19.6 Å². The molecule has 6 nitrogen and oxygen atoms in total. The van der Waals surface area contributed by atoms with Crippen LogP contribution in [0.5, 0.6) is 0 Å². The van der Waals surface area contributed by atoms with Crippen molar-refractivity contribution < 1.29 is 5.11 Å². The SMILES string of the molecule is CCNC(=NCC(O)c1ccncc1)NC1CCN(Cc2ccccc2)C(C)C1. The number of aliphatic hydroxyl groups is 1. The van der Waals surface area contributed by atoms with Gasteiger partial charge in [-0.1, -0.05) is 30.3 Å². The molecule has 1 aliphatic heterocycles. The molecule has 0 spiro atoms. The molecule has 0 radical (unpaired) electrons. The summed E-state index contributed by atoms with van der Waals surface area (Å²) in [6, 6.07) is 15.2. The molecule has 3 unspecified atom stereocenters. The lowest BCUT2D eigenvalue weighted by molar-refractivity contribution is 0.134. The molecule has 3 N–H and O–H groups in total. The van der Waals surface area contributed by atoms with E-state index in [1.165, 1.54) is 5.56 Å². The molecule has 2 aromatic rings. The number of nitrogens with one attached hydrogen (secondary N) is 2. The predicted molar refractivity (Wildman–Crippen MR) is 118 cm³/mol. The first-order valence-corrected chi connectivity index (χ1v) is 10.6. The molecule has 29 heavy (non-hydrogen) atoms. The number of benzene rings is 1. The Morgan fingerprint density at radius 3 is 2.69 bits per heavy atom. The highest BCUT2D eigenvalue weighted by molar-refractivity contribution is 5.80. The summed E-state index contributed by atoms with van der Waals surface area (Å²) in [5.74, 6) is 0.773. The number of nitrogens with zero attached hydrogens (tertiary/aromatic N) is 3. The van der Waals surface area contributed by atoms with E-state index in [0.717, 1.165) is 44.0 Å². The van der Waals surface area contributed by atoms with Crippen LogP contribution in [0.3, 0.4) is 0 Å². The van der Waals surface area contributed by atoms with Crippen molar-refractivity contribution in [3.63, 3.8) is 0 Å². The number of aliphatic hydroxyl groups excluding tert-OH is 1. The largest absolute Gasteiger partial charge is 0.386 e. The zero-order valence-electron chi connectivity index (χ0n) is 17.5. The molecule has 1 saturated heterocycles. The Kier molecular flexibility index (Phi) is 8.02. The van der Waals surface area contributed by atoms with E-state index in [9.17, 15) is 5.11 Å². The molecule has 3 atom stereocenters. The summed E-state index contributed by atoms with van der Waals surface area (Å²) < 4.78 is 0. The normalized spacial score (nSPS) is 21.6. The lowest BCUT2D eigenvalue weighted by atomic mass is 9.97. The number of hydrogen-bond acceptors (Lipinski definition) is 4. The van der Waals surface area contributed by atoms with Gasteiger partial charge in [0, 0.05) is 44.1 Å². The average Bonchev–Trinajstić information content (AvgIpc) is 2.75. The lowest BCUT2D eigenvalue weighted by Gasteiger charge is -2.38. The summed E-state index contributed by atoms with van der Waals surface area (Å²) in [4.78, 5) is 11.1. The fourth-order valence-electron chi connectivity index (χ4n) is 3.79. The van der Waals surface area contributed by atoms with Crippen molar-refractivity contribution in [1.29, 1.82) is 0 Å². The summed E-state index contributed by atoms with van der Waals surface area (Å²) in [6.45, 7) is 7.53. The average molecular weight is 396 g/mol. The topological polar surface area (TPSA) is 72.8 Å². The number of hydrogen-bond donors (Lipinski definition) is 3. The molecular formula is C23H33N5O. The van der Waals surface area contributed by atoms with Crippen LogP contribution in [0.15, 0.2) is 59.9 Å². The highest BCUT2D eigenvalue weighted by Gasteiger charge is 2.26. The molecular weight excluding hydrogens is 362 g/mol. The maximum Gasteiger partial charge on any atom is 0.191 e. The van der Waals surface area contributed by atoms with Crippen LogP contribution in [0.2, 0.25) is 0 Å². The van der Waals surface area contributed by atoms with Crippen molar-refractivity contribution in [1.82, 2.24) is 20.5 Å². The third-order valence-corrected chi connectivity index (χ3v) is 5.44. The second-order valence-electron chi connectivity index (χ2n) is 7.69. The maximum atomic E-state index is 10.4. The lowest BCUT2D eigenvalue weighted by Crippen LogP contribution is -2.51. The minimum absolute atomic E-state index is 0.321. The van der Waals surface area contributed by atoms with Crippen LogP contribution < -0.4 is 10.6 Å². The van der Waals surface area contributed by atoms with Gasteiger partial charge in [-0.3, -0.25) is 14.9 Å². The van der Waals surface area contributed by atoms with Crippen molar-refractivity contribution in [2.24, 2.45) is 4.99 Å². The molecule has 1 aliphatic rings. The summed E-state index contributed by atoms with van der Waals surface area (Å²) in [5, 5.41) is 17.2. The highest BCUT2D eigenvalue weighted by Crippen LogP contribution is 2.20. The van der Waals surface area contributed by atoms with Gasteiger partial charge in [0.15, 0.2) is 5.96 Å². The Morgan fingerprint density at radius 1 is 1.24 bits per heavy atom. The summed E-state index contributed by atoms with van der Waals surface area (Å²) in [6.07, 6.45) is 4.91. The van der Waals surface area contributed by atoms with Gasteiger partial charge >= 0.3 is 0 Å². The van der Waals surface area contributed by atoms with Crippen molar-refractivity contribution in [2.45, 2.75) is 51.4 Å². The Hall–Kier alpha value is -2.44. The maximum absolute atomic E-state index is 10.4. The molecule has 1 fully saturated rings. The van der Waals surface area contributed by atoms with Crippen LogP contribution in [0.25, 0.3) is 0 Å². The van der Waals surface area contributed by atoms with Gasteiger partial charge in [0.1, 0.15) is 0 Å². The van der Waals surface area contributed by atoms with Crippen LogP contribution in [0.4, 0.5) is 0 Å². The minimum Gasteiger partial charge on any atom is -0.386 e. The molecule has 2 heterocycles. The molecule has 1 aromatic heterocycles. The molecule has 3 rings (SSSR count). The first-order chi connectivity index (χ1) is 14.2. The van der Waals surface area contributed by atoms with Gasteiger partial charge < -0.3 is 15.7 Å². The fourth-order valence-corrected chi connectivity index (χ4v) is 3.79. The molecule has 1 aromatic carbocycles. The number of rotatable bonds is 7. The minimum atomic E-state index is -0.625. The standard InChI is InChI=1S/C23H33N5O/c1-3-25-23(26-16-22(29)20-9-12-24-13-10-20)27-21-11-14-28(18(2)15-21)17-19-7-5-4-6-8-19/h4-10,12-13,18,21-22,29H,3,11,14-17H2,1-2H3,(H2,25,26,27). The van der Waals surface area contributed by atoms with Crippen molar-refractivity contribution in [3.05, 3.63) is 66.0 Å². The van der Waals surface area contributed by atoms with E-state index in [2.05, 4.69) is 69.7 Å². The van der Waals surface area contributed by atoms with Gasteiger partial charge in [0.25, 0.3) is 0 Å². The fraction of sp³-hybridized carbons (Fsp3) is 0.478. The van der Waals surface area contributed by atoms with Gasteiger partial charge in [0.2, 0.25) is 0 Å². The van der Waals surface area contributed by atoms with Gasteiger partial charge in [-0.2, -0.15) is 0 Å². The Bertz CT molecular complexity index is 752. The molecule has 6 heteroatoms. The van der Waals surface area contributed by atoms with Gasteiger partial charge in [-0.25, -0.2) is 0 Å². The second-order valence-corrected chi connectivity index (χ2v) is 7.69. The van der Waals surface area contributed by atoms with Crippen molar-refractivity contribution in [3.8, 4) is 0 Å². The monoisotopic (exact) mass is 395 g/mol. The Labute approximate surface area is 174 Å². The zero-order chi connectivity index (χ0) is 20.5.